The Hall–Kier alpha value is -2.09. The minimum atomic E-state index is -0.621. The first-order valence-corrected chi connectivity index (χ1v) is 10.4. The van der Waals surface area contributed by atoms with E-state index < -0.39 is 17.7 Å². The van der Waals surface area contributed by atoms with Crippen LogP contribution in [-0.4, -0.2) is 51.6 Å². The zero-order valence-electron chi connectivity index (χ0n) is 17.9. The van der Waals surface area contributed by atoms with Gasteiger partial charge in [-0.2, -0.15) is 0 Å². The Morgan fingerprint density at radius 1 is 1.31 bits per heavy atom. The van der Waals surface area contributed by atoms with Gasteiger partial charge in [0.1, 0.15) is 28.4 Å². The van der Waals surface area contributed by atoms with Crippen LogP contribution in [0, 0.1) is 12.8 Å². The van der Waals surface area contributed by atoms with Crippen molar-refractivity contribution >= 4 is 29.4 Å². The molecule has 1 aromatic heterocycles. The van der Waals surface area contributed by atoms with Crippen LogP contribution in [0.15, 0.2) is 0 Å². The van der Waals surface area contributed by atoms with E-state index in [0.29, 0.717) is 35.8 Å². The van der Waals surface area contributed by atoms with Crippen molar-refractivity contribution in [1.29, 1.82) is 0 Å². The van der Waals surface area contributed by atoms with Crippen LogP contribution in [0.1, 0.15) is 58.3 Å². The van der Waals surface area contributed by atoms with Gasteiger partial charge in [-0.25, -0.2) is 14.8 Å². The maximum absolute atomic E-state index is 12.6. The zero-order chi connectivity index (χ0) is 21.8. The lowest BCUT2D eigenvalue weighted by molar-refractivity contribution is -0.134. The number of halogens is 1. The first kappa shape index (κ1) is 23.2. The lowest BCUT2D eigenvalue weighted by atomic mass is 9.90. The van der Waals surface area contributed by atoms with Gasteiger partial charge in [-0.3, -0.25) is 4.79 Å². The predicted molar refractivity (Wildman–Crippen MR) is 113 cm³/mol. The highest BCUT2D eigenvalue weighted by Crippen LogP contribution is 2.26. The van der Waals surface area contributed by atoms with Crippen molar-refractivity contribution in [2.75, 3.05) is 18.8 Å². The molecule has 1 atom stereocenters. The molecule has 0 aromatic carbocycles. The number of ether oxygens (including phenoxy) is 1. The van der Waals surface area contributed by atoms with Crippen LogP contribution in [0.3, 0.4) is 0 Å². The van der Waals surface area contributed by atoms with Crippen LogP contribution in [0.5, 0.6) is 0 Å². The van der Waals surface area contributed by atoms with Gasteiger partial charge in [-0.15, -0.1) is 0 Å². The van der Waals surface area contributed by atoms with Gasteiger partial charge in [0.2, 0.25) is 5.91 Å². The first-order valence-electron chi connectivity index (χ1n) is 10.0. The molecular weight excluding hydrogens is 394 g/mol. The Labute approximate surface area is 177 Å². The molecule has 1 aliphatic heterocycles. The minimum absolute atomic E-state index is 0.0893. The predicted octanol–water partition coefficient (Wildman–Crippen LogP) is 3.11. The van der Waals surface area contributed by atoms with E-state index in [0.717, 1.165) is 31.2 Å². The number of alkyl carbamates (subject to hydrolysis) is 1. The van der Waals surface area contributed by atoms with Crippen molar-refractivity contribution in [2.45, 2.75) is 71.9 Å². The second-order valence-electron chi connectivity index (χ2n) is 8.60. The van der Waals surface area contributed by atoms with Gasteiger partial charge in [-0.05, 0) is 66.2 Å². The Morgan fingerprint density at radius 2 is 1.93 bits per heavy atom. The molecule has 0 saturated carbocycles. The number of amides is 2. The summed E-state index contributed by atoms with van der Waals surface area (Å²) in [4.78, 5) is 34.6. The number of carbonyl (C=O) groups excluding carboxylic acids is 2. The molecule has 8 nitrogen and oxygen atoms in total. The van der Waals surface area contributed by atoms with Crippen molar-refractivity contribution in [3.8, 4) is 0 Å². The number of rotatable bonds is 5. The average Bonchev–Trinajstić information content (AvgIpc) is 2.59. The smallest absolute Gasteiger partial charge is 0.408 e. The average molecular weight is 426 g/mol. The summed E-state index contributed by atoms with van der Waals surface area (Å²) in [6.45, 7) is 10.1. The highest BCUT2D eigenvalue weighted by Gasteiger charge is 2.28. The number of aromatic nitrogens is 2. The molecule has 2 amide bonds. The highest BCUT2D eigenvalue weighted by molar-refractivity contribution is 6.30. The summed E-state index contributed by atoms with van der Waals surface area (Å²) in [6, 6.07) is -0.621. The summed E-state index contributed by atoms with van der Waals surface area (Å²) in [5, 5.41) is 3.03. The number of hydrogen-bond acceptors (Lipinski definition) is 6. The maximum Gasteiger partial charge on any atom is 0.408 e. The molecule has 0 aliphatic carbocycles. The molecule has 1 aliphatic rings. The topological polar surface area (TPSA) is 110 Å². The normalized spacial score (nSPS) is 16.4. The van der Waals surface area contributed by atoms with Crippen molar-refractivity contribution in [1.82, 2.24) is 20.2 Å². The number of piperidine rings is 1. The van der Waals surface area contributed by atoms with E-state index in [-0.39, 0.29) is 5.91 Å². The van der Waals surface area contributed by atoms with Crippen molar-refractivity contribution in [3.63, 3.8) is 0 Å². The maximum atomic E-state index is 12.6. The Bertz CT molecular complexity index is 719. The molecule has 1 saturated heterocycles. The molecule has 3 N–H and O–H groups in total. The molecule has 0 radical (unpaired) electrons. The molecule has 2 heterocycles. The van der Waals surface area contributed by atoms with Gasteiger partial charge in [0, 0.05) is 18.7 Å². The second-order valence-corrected chi connectivity index (χ2v) is 8.96. The van der Waals surface area contributed by atoms with E-state index >= 15 is 0 Å². The van der Waals surface area contributed by atoms with E-state index in [9.17, 15) is 9.59 Å². The molecule has 0 unspecified atom stereocenters. The number of anilines is 1. The van der Waals surface area contributed by atoms with Gasteiger partial charge in [-0.1, -0.05) is 11.6 Å². The van der Waals surface area contributed by atoms with Crippen LogP contribution in [0.2, 0.25) is 5.15 Å². The number of nitrogens with one attached hydrogen (secondary N) is 1. The molecule has 9 heteroatoms. The van der Waals surface area contributed by atoms with Crippen LogP contribution >= 0.6 is 11.6 Å². The molecule has 162 valence electrons. The summed E-state index contributed by atoms with van der Waals surface area (Å²) in [6.07, 6.45) is 2.86. The molecular formula is C20H32ClN5O3. The Morgan fingerprint density at radius 3 is 2.48 bits per heavy atom. The third-order valence-corrected chi connectivity index (χ3v) is 5.25. The number of nitrogens with zero attached hydrogens (tertiary/aromatic N) is 3. The van der Waals surface area contributed by atoms with Crippen LogP contribution in [0.4, 0.5) is 10.6 Å². The van der Waals surface area contributed by atoms with Gasteiger partial charge in [0.15, 0.2) is 0 Å². The number of carbonyl (C=O) groups is 2. The monoisotopic (exact) mass is 425 g/mol. The summed E-state index contributed by atoms with van der Waals surface area (Å²) in [7, 11) is 0. The number of nitrogen functional groups attached to an aromatic ring is 1. The summed E-state index contributed by atoms with van der Waals surface area (Å²) in [5.41, 5.74) is 6.18. The Kier molecular flexibility index (Phi) is 7.68. The van der Waals surface area contributed by atoms with Gasteiger partial charge in [0.25, 0.3) is 0 Å². The Balaban J connectivity index is 1.80. The van der Waals surface area contributed by atoms with E-state index in [4.69, 9.17) is 22.1 Å². The molecule has 2 rings (SSSR count). The standard InChI is InChI=1S/C20H32ClN5O3/c1-12(23-19(28)29-20(3,4)5)18(27)26-10-8-14(9-11-26)6-7-15-16(21)24-13(2)25-17(15)22/h12,14H,6-11H2,1-5H3,(H,23,28)(H2,22,24,25)/t12-/m0/s1. The lowest BCUT2D eigenvalue weighted by Crippen LogP contribution is -2.50. The van der Waals surface area contributed by atoms with Crippen molar-refractivity contribution in [2.24, 2.45) is 5.92 Å². The van der Waals surface area contributed by atoms with Gasteiger partial charge in [0.05, 0.1) is 0 Å². The fraction of sp³-hybridized carbons (Fsp3) is 0.700. The fourth-order valence-electron chi connectivity index (χ4n) is 3.42. The molecule has 1 aromatic rings. The van der Waals surface area contributed by atoms with Crippen LogP contribution < -0.4 is 11.1 Å². The molecule has 29 heavy (non-hydrogen) atoms. The number of aryl methyl sites for hydroxylation is 1. The summed E-state index contributed by atoms with van der Waals surface area (Å²) < 4.78 is 5.21. The van der Waals surface area contributed by atoms with E-state index in [1.807, 2.05) is 0 Å². The summed E-state index contributed by atoms with van der Waals surface area (Å²) in [5.74, 6) is 1.40. The van der Waals surface area contributed by atoms with Gasteiger partial charge >= 0.3 is 6.09 Å². The molecule has 0 spiro atoms. The number of nitrogens with two attached hydrogens (primary N) is 1. The lowest BCUT2D eigenvalue weighted by Gasteiger charge is -2.34. The van der Waals surface area contributed by atoms with Gasteiger partial charge < -0.3 is 20.7 Å². The van der Waals surface area contributed by atoms with E-state index in [1.54, 1.807) is 39.5 Å². The fourth-order valence-corrected chi connectivity index (χ4v) is 3.74. The quantitative estimate of drug-likeness (QED) is 0.701. The first-order chi connectivity index (χ1) is 13.5. The SMILES string of the molecule is Cc1nc(N)c(CCC2CCN(C(=O)[C@H](C)NC(=O)OC(C)(C)C)CC2)c(Cl)n1. The third-order valence-electron chi connectivity index (χ3n) is 4.93. The van der Waals surface area contributed by atoms with Crippen LogP contribution in [-0.2, 0) is 16.0 Å². The second kappa shape index (κ2) is 9.61. The number of likely N-dealkylation sites (tertiary alicyclic amines) is 1. The van der Waals surface area contributed by atoms with Crippen molar-refractivity contribution in [3.05, 3.63) is 16.5 Å². The van der Waals surface area contributed by atoms with Crippen LogP contribution in [0.25, 0.3) is 0 Å². The third kappa shape index (κ3) is 7.03. The summed E-state index contributed by atoms with van der Waals surface area (Å²) >= 11 is 6.20. The largest absolute Gasteiger partial charge is 0.444 e. The van der Waals surface area contributed by atoms with E-state index in [1.165, 1.54) is 0 Å². The highest BCUT2D eigenvalue weighted by atomic mass is 35.5. The number of hydrogen-bond donors (Lipinski definition) is 2. The van der Waals surface area contributed by atoms with E-state index in [2.05, 4.69) is 15.3 Å². The molecule has 1 fully saturated rings. The minimum Gasteiger partial charge on any atom is -0.444 e. The molecule has 0 bridgehead atoms. The zero-order valence-corrected chi connectivity index (χ0v) is 18.7. The van der Waals surface area contributed by atoms with Crippen molar-refractivity contribution < 1.29 is 14.3 Å².